The summed E-state index contributed by atoms with van der Waals surface area (Å²) in [6.45, 7) is 7.92. The molecule has 4 nitrogen and oxygen atoms in total. The number of aryl methyl sites for hydroxylation is 3. The summed E-state index contributed by atoms with van der Waals surface area (Å²) in [4.78, 5) is 12.5. The van der Waals surface area contributed by atoms with Gasteiger partial charge in [-0.15, -0.1) is 10.2 Å². The Balaban J connectivity index is 1.74. The summed E-state index contributed by atoms with van der Waals surface area (Å²) in [6, 6.07) is 13.7. The van der Waals surface area contributed by atoms with Crippen molar-refractivity contribution in [3.63, 3.8) is 0 Å². The van der Waals surface area contributed by atoms with Crippen LogP contribution in [0.2, 0.25) is 0 Å². The average Bonchev–Trinajstić information content (AvgIpc) is 3.02. The van der Waals surface area contributed by atoms with Crippen LogP contribution in [0.15, 0.2) is 52.1 Å². The van der Waals surface area contributed by atoms with Crippen LogP contribution in [-0.4, -0.2) is 21.2 Å². The highest BCUT2D eigenvalue weighted by molar-refractivity contribution is 8.00. The molecule has 0 N–H and O–H groups in total. The minimum absolute atomic E-state index is 0.0520. The molecule has 0 unspecified atom stereocenters. The molecule has 3 rings (SSSR count). The maximum absolute atomic E-state index is 12.5. The average molecular weight is 352 g/mol. The number of carbonyl (C=O) groups is 1. The summed E-state index contributed by atoms with van der Waals surface area (Å²) in [5, 5.41) is 8.30. The Hall–Kier alpha value is -2.40. The fourth-order valence-electron chi connectivity index (χ4n) is 2.63. The Kier molecular flexibility index (Phi) is 5.04. The lowest BCUT2D eigenvalue weighted by Crippen LogP contribution is -2.13. The Bertz CT molecular complexity index is 880. The van der Waals surface area contributed by atoms with Gasteiger partial charge in [-0.1, -0.05) is 58.8 Å². The van der Waals surface area contributed by atoms with Gasteiger partial charge in [-0.25, -0.2) is 0 Å². The summed E-state index contributed by atoms with van der Waals surface area (Å²) < 4.78 is 5.74. The smallest absolute Gasteiger partial charge is 0.277 e. The van der Waals surface area contributed by atoms with Crippen LogP contribution >= 0.6 is 11.8 Å². The van der Waals surface area contributed by atoms with Crippen LogP contribution in [0.1, 0.15) is 34.0 Å². The van der Waals surface area contributed by atoms with Crippen molar-refractivity contribution in [2.24, 2.45) is 0 Å². The standard InChI is InChI=1S/C20H20N2O2S/c1-12-5-7-16(8-6-12)18(23)15(4)25-20-22-21-19(24-20)17-10-13(2)9-14(3)11-17/h5-11,15H,1-4H3/t15-/m1/s1. The van der Waals surface area contributed by atoms with E-state index in [1.54, 1.807) is 0 Å². The Morgan fingerprint density at radius 3 is 2.24 bits per heavy atom. The Morgan fingerprint density at radius 2 is 1.60 bits per heavy atom. The third kappa shape index (κ3) is 4.17. The van der Waals surface area contributed by atoms with Crippen molar-refractivity contribution in [2.75, 3.05) is 0 Å². The predicted octanol–water partition coefficient (Wildman–Crippen LogP) is 5.03. The molecule has 1 atom stereocenters. The van der Waals surface area contributed by atoms with Crippen molar-refractivity contribution in [1.29, 1.82) is 0 Å². The quantitative estimate of drug-likeness (QED) is 0.476. The SMILES string of the molecule is Cc1ccc(C(=O)[C@@H](C)Sc2nnc(-c3cc(C)cc(C)c3)o2)cc1. The van der Waals surface area contributed by atoms with Gasteiger partial charge in [-0.3, -0.25) is 4.79 Å². The van der Waals surface area contributed by atoms with Crippen molar-refractivity contribution in [2.45, 2.75) is 38.2 Å². The maximum Gasteiger partial charge on any atom is 0.277 e. The van der Waals surface area contributed by atoms with E-state index < -0.39 is 0 Å². The number of hydrogen-bond acceptors (Lipinski definition) is 5. The van der Waals surface area contributed by atoms with Crippen LogP contribution in [0.5, 0.6) is 0 Å². The van der Waals surface area contributed by atoms with Crippen LogP contribution in [0.25, 0.3) is 11.5 Å². The maximum atomic E-state index is 12.5. The van der Waals surface area contributed by atoms with E-state index in [-0.39, 0.29) is 11.0 Å². The molecule has 5 heteroatoms. The van der Waals surface area contributed by atoms with E-state index in [1.165, 1.54) is 11.8 Å². The van der Waals surface area contributed by atoms with E-state index in [0.29, 0.717) is 16.7 Å². The molecule has 25 heavy (non-hydrogen) atoms. The van der Waals surface area contributed by atoms with Gasteiger partial charge in [-0.05, 0) is 39.8 Å². The second-order valence-electron chi connectivity index (χ2n) is 6.24. The number of ketones is 1. The second-order valence-corrected chi connectivity index (χ2v) is 7.53. The van der Waals surface area contributed by atoms with Gasteiger partial charge in [-0.2, -0.15) is 0 Å². The van der Waals surface area contributed by atoms with Crippen molar-refractivity contribution in [1.82, 2.24) is 10.2 Å². The van der Waals surface area contributed by atoms with Gasteiger partial charge >= 0.3 is 0 Å². The lowest BCUT2D eigenvalue weighted by Gasteiger charge is -2.07. The van der Waals surface area contributed by atoms with Crippen LogP contribution in [0.4, 0.5) is 0 Å². The minimum atomic E-state index is -0.296. The van der Waals surface area contributed by atoms with Crippen LogP contribution in [0.3, 0.4) is 0 Å². The fourth-order valence-corrected chi connectivity index (χ4v) is 3.39. The van der Waals surface area contributed by atoms with Gasteiger partial charge < -0.3 is 4.42 Å². The Morgan fingerprint density at radius 1 is 0.960 bits per heavy atom. The topological polar surface area (TPSA) is 56.0 Å². The third-order valence-electron chi connectivity index (χ3n) is 3.86. The molecule has 0 saturated carbocycles. The number of thioether (sulfide) groups is 1. The van der Waals surface area contributed by atoms with Gasteiger partial charge in [0.25, 0.3) is 5.22 Å². The number of benzene rings is 2. The zero-order valence-corrected chi connectivity index (χ0v) is 15.6. The van der Waals surface area contributed by atoms with Gasteiger partial charge in [0.1, 0.15) is 0 Å². The lowest BCUT2D eigenvalue weighted by atomic mass is 10.1. The van der Waals surface area contributed by atoms with E-state index in [1.807, 2.05) is 64.1 Å². The Labute approximate surface area is 151 Å². The predicted molar refractivity (Wildman–Crippen MR) is 100 cm³/mol. The fraction of sp³-hybridized carbons (Fsp3) is 0.250. The van der Waals surface area contributed by atoms with Crippen LogP contribution in [-0.2, 0) is 0 Å². The normalized spacial score (nSPS) is 12.2. The molecule has 0 bridgehead atoms. The number of rotatable bonds is 5. The monoisotopic (exact) mass is 352 g/mol. The summed E-state index contributed by atoms with van der Waals surface area (Å²) in [5.74, 6) is 0.528. The highest BCUT2D eigenvalue weighted by Gasteiger charge is 2.20. The minimum Gasteiger partial charge on any atom is -0.411 e. The van der Waals surface area contributed by atoms with E-state index in [9.17, 15) is 4.79 Å². The number of nitrogens with zero attached hydrogens (tertiary/aromatic N) is 2. The molecule has 0 saturated heterocycles. The van der Waals surface area contributed by atoms with Crippen molar-refractivity contribution in [3.8, 4) is 11.5 Å². The number of Topliss-reactive ketones (excluding diaryl/α,β-unsaturated/α-hetero) is 1. The first-order chi connectivity index (χ1) is 11.9. The summed E-state index contributed by atoms with van der Waals surface area (Å²) in [7, 11) is 0. The van der Waals surface area contributed by atoms with E-state index >= 15 is 0 Å². The molecule has 0 fully saturated rings. The van der Waals surface area contributed by atoms with E-state index in [0.717, 1.165) is 22.3 Å². The molecular weight excluding hydrogens is 332 g/mol. The first-order valence-corrected chi connectivity index (χ1v) is 9.00. The van der Waals surface area contributed by atoms with Gasteiger partial charge in [0.15, 0.2) is 5.78 Å². The van der Waals surface area contributed by atoms with Gasteiger partial charge in [0.05, 0.1) is 5.25 Å². The molecule has 0 radical (unpaired) electrons. The summed E-state index contributed by atoms with van der Waals surface area (Å²) in [5.41, 5.74) is 5.01. The van der Waals surface area contributed by atoms with Gasteiger partial charge in [0.2, 0.25) is 5.89 Å². The second kappa shape index (κ2) is 7.23. The van der Waals surface area contributed by atoms with Crippen LogP contribution < -0.4 is 0 Å². The largest absolute Gasteiger partial charge is 0.411 e. The first-order valence-electron chi connectivity index (χ1n) is 8.12. The summed E-state index contributed by atoms with van der Waals surface area (Å²) in [6.07, 6.45) is 0. The highest BCUT2D eigenvalue weighted by Crippen LogP contribution is 2.28. The molecular formula is C20H20N2O2S. The molecule has 3 aromatic rings. The highest BCUT2D eigenvalue weighted by atomic mass is 32.2. The third-order valence-corrected chi connectivity index (χ3v) is 4.79. The van der Waals surface area contributed by atoms with Crippen molar-refractivity contribution in [3.05, 3.63) is 64.7 Å². The number of hydrogen-bond donors (Lipinski definition) is 0. The number of carbonyl (C=O) groups excluding carboxylic acids is 1. The first kappa shape index (κ1) is 17.4. The molecule has 0 aliphatic rings. The van der Waals surface area contributed by atoms with Crippen molar-refractivity contribution >= 4 is 17.5 Å². The summed E-state index contributed by atoms with van der Waals surface area (Å²) >= 11 is 1.28. The molecule has 128 valence electrons. The molecule has 1 aromatic heterocycles. The molecule has 0 amide bonds. The lowest BCUT2D eigenvalue weighted by molar-refractivity contribution is 0.0993. The number of aromatic nitrogens is 2. The molecule has 1 heterocycles. The zero-order chi connectivity index (χ0) is 18.0. The van der Waals surface area contributed by atoms with Crippen molar-refractivity contribution < 1.29 is 9.21 Å². The van der Waals surface area contributed by atoms with Crippen LogP contribution in [0, 0.1) is 20.8 Å². The van der Waals surface area contributed by atoms with E-state index in [2.05, 4.69) is 16.3 Å². The zero-order valence-electron chi connectivity index (χ0n) is 14.7. The van der Waals surface area contributed by atoms with Gasteiger partial charge in [0, 0.05) is 11.1 Å². The molecule has 2 aromatic carbocycles. The molecule has 0 aliphatic heterocycles. The molecule has 0 spiro atoms. The van der Waals surface area contributed by atoms with E-state index in [4.69, 9.17) is 4.42 Å². The molecule has 0 aliphatic carbocycles.